The molecule has 6 heteroatoms. The highest BCUT2D eigenvalue weighted by atomic mass is 16.2. The average Bonchev–Trinajstić information content (AvgIpc) is 2.88. The molecule has 0 radical (unpaired) electrons. The maximum Gasteiger partial charge on any atom is 0.279 e. The number of fused-ring (bicyclic) bond motifs is 1. The third-order valence-electron chi connectivity index (χ3n) is 5.91. The van der Waals surface area contributed by atoms with E-state index in [2.05, 4.69) is 41.3 Å². The maximum atomic E-state index is 13.4. The van der Waals surface area contributed by atoms with E-state index in [9.17, 15) is 9.59 Å². The summed E-state index contributed by atoms with van der Waals surface area (Å²) < 4.78 is 1.30. The lowest BCUT2D eigenvalue weighted by Crippen LogP contribution is -2.39. The minimum Gasteiger partial charge on any atom is -0.349 e. The predicted molar refractivity (Wildman–Crippen MR) is 132 cm³/mol. The predicted octanol–water partition coefficient (Wildman–Crippen LogP) is 4.20. The van der Waals surface area contributed by atoms with E-state index >= 15 is 0 Å². The molecule has 0 bridgehead atoms. The van der Waals surface area contributed by atoms with Crippen LogP contribution in [-0.2, 0) is 0 Å². The summed E-state index contributed by atoms with van der Waals surface area (Å²) in [5.41, 5.74) is 1.75. The number of hydrogen-bond acceptors (Lipinski definition) is 4. The minimum atomic E-state index is -0.302. The Balaban J connectivity index is 1.70. The van der Waals surface area contributed by atoms with Gasteiger partial charge in [0.25, 0.3) is 11.5 Å². The van der Waals surface area contributed by atoms with Gasteiger partial charge in [0.1, 0.15) is 0 Å². The zero-order chi connectivity index (χ0) is 23.2. The van der Waals surface area contributed by atoms with Crippen LogP contribution in [0.15, 0.2) is 89.7 Å². The summed E-state index contributed by atoms with van der Waals surface area (Å²) in [6.45, 7) is 6.40. The van der Waals surface area contributed by atoms with Gasteiger partial charge in [-0.3, -0.25) is 14.5 Å². The summed E-state index contributed by atoms with van der Waals surface area (Å²) in [5.74, 6) is -0.302. The first kappa shape index (κ1) is 22.4. The number of nitrogens with zero attached hydrogens (tertiary/aromatic N) is 3. The Labute approximate surface area is 193 Å². The number of carbonyl (C=O) groups excluding carboxylic acids is 1. The van der Waals surface area contributed by atoms with E-state index < -0.39 is 0 Å². The SMILES string of the molecule is CCN(CC)C(CNC(=O)c1nn(-c2ccccc2)c(=O)c2ccccc12)c1ccccc1. The molecule has 6 nitrogen and oxygen atoms in total. The average molecular weight is 441 g/mol. The topological polar surface area (TPSA) is 67.2 Å². The van der Waals surface area contributed by atoms with E-state index in [1.165, 1.54) is 4.68 Å². The Bertz CT molecular complexity index is 1280. The molecule has 1 N–H and O–H groups in total. The number of rotatable bonds is 8. The van der Waals surface area contributed by atoms with Crippen LogP contribution in [0.5, 0.6) is 0 Å². The van der Waals surface area contributed by atoms with Crippen LogP contribution < -0.4 is 10.9 Å². The number of carbonyl (C=O) groups is 1. The van der Waals surface area contributed by atoms with Crippen molar-refractivity contribution in [3.05, 3.63) is 107 Å². The molecule has 0 spiro atoms. The van der Waals surface area contributed by atoms with Crippen LogP contribution >= 0.6 is 0 Å². The molecule has 33 heavy (non-hydrogen) atoms. The van der Waals surface area contributed by atoms with Crippen molar-refractivity contribution in [2.45, 2.75) is 19.9 Å². The van der Waals surface area contributed by atoms with E-state index in [1.54, 1.807) is 30.3 Å². The number of likely N-dealkylation sites (N-methyl/N-ethyl adjacent to an activating group) is 1. The van der Waals surface area contributed by atoms with Crippen molar-refractivity contribution in [1.29, 1.82) is 0 Å². The lowest BCUT2D eigenvalue weighted by Gasteiger charge is -2.30. The molecule has 0 saturated heterocycles. The summed E-state index contributed by atoms with van der Waals surface area (Å²) in [6.07, 6.45) is 0. The van der Waals surface area contributed by atoms with Crippen molar-refractivity contribution in [3.8, 4) is 5.69 Å². The van der Waals surface area contributed by atoms with Gasteiger partial charge in [0.15, 0.2) is 5.69 Å². The Morgan fingerprint density at radius 1 is 0.879 bits per heavy atom. The second-order valence-corrected chi connectivity index (χ2v) is 7.80. The van der Waals surface area contributed by atoms with Gasteiger partial charge < -0.3 is 5.32 Å². The maximum absolute atomic E-state index is 13.4. The number of para-hydroxylation sites is 1. The van der Waals surface area contributed by atoms with Crippen LogP contribution in [-0.4, -0.2) is 40.2 Å². The fraction of sp³-hybridized carbons (Fsp3) is 0.222. The van der Waals surface area contributed by atoms with Gasteiger partial charge in [-0.1, -0.05) is 80.6 Å². The van der Waals surface area contributed by atoms with Gasteiger partial charge in [-0.15, -0.1) is 0 Å². The van der Waals surface area contributed by atoms with Gasteiger partial charge in [0.05, 0.1) is 17.1 Å². The molecular weight excluding hydrogens is 412 g/mol. The van der Waals surface area contributed by atoms with Gasteiger partial charge in [0.2, 0.25) is 0 Å². The lowest BCUT2D eigenvalue weighted by atomic mass is 10.0. The van der Waals surface area contributed by atoms with Crippen molar-refractivity contribution < 1.29 is 4.79 Å². The number of benzene rings is 3. The molecule has 3 aromatic carbocycles. The standard InChI is InChI=1S/C27H28N4O2/c1-3-30(4-2)24(20-13-7-5-8-14-20)19-28-26(32)25-22-17-11-12-18-23(22)27(33)31(29-25)21-15-9-6-10-16-21/h5-18,24H,3-4,19H2,1-2H3,(H,28,32). The summed E-state index contributed by atoms with van der Waals surface area (Å²) in [4.78, 5) is 28.8. The Morgan fingerprint density at radius 2 is 1.45 bits per heavy atom. The zero-order valence-electron chi connectivity index (χ0n) is 18.9. The first-order valence-electron chi connectivity index (χ1n) is 11.3. The molecule has 1 amide bonds. The van der Waals surface area contributed by atoms with Gasteiger partial charge in [-0.05, 0) is 36.9 Å². The summed E-state index contributed by atoms with van der Waals surface area (Å²) in [7, 11) is 0. The molecule has 1 aromatic heterocycles. The molecule has 1 atom stereocenters. The summed E-state index contributed by atoms with van der Waals surface area (Å²) in [6, 6.07) is 26.5. The third-order valence-corrected chi connectivity index (χ3v) is 5.91. The van der Waals surface area contributed by atoms with Crippen LogP contribution in [0.1, 0.15) is 35.9 Å². The van der Waals surface area contributed by atoms with Crippen molar-refractivity contribution >= 4 is 16.7 Å². The van der Waals surface area contributed by atoms with Crippen LogP contribution in [0.25, 0.3) is 16.5 Å². The highest BCUT2D eigenvalue weighted by molar-refractivity contribution is 6.04. The van der Waals surface area contributed by atoms with Crippen LogP contribution in [0, 0.1) is 0 Å². The molecule has 0 saturated carbocycles. The fourth-order valence-corrected chi connectivity index (χ4v) is 4.17. The lowest BCUT2D eigenvalue weighted by molar-refractivity contribution is 0.0930. The smallest absolute Gasteiger partial charge is 0.279 e. The molecule has 1 heterocycles. The molecule has 1 unspecified atom stereocenters. The monoisotopic (exact) mass is 440 g/mol. The quantitative estimate of drug-likeness (QED) is 0.446. The Morgan fingerprint density at radius 3 is 2.09 bits per heavy atom. The molecule has 0 fully saturated rings. The van der Waals surface area contributed by atoms with E-state index in [1.807, 2.05) is 42.5 Å². The van der Waals surface area contributed by atoms with Crippen LogP contribution in [0.2, 0.25) is 0 Å². The van der Waals surface area contributed by atoms with E-state index in [4.69, 9.17) is 0 Å². The molecular formula is C27H28N4O2. The summed E-state index contributed by atoms with van der Waals surface area (Å²) >= 11 is 0. The molecule has 0 aliphatic rings. The molecule has 4 aromatic rings. The highest BCUT2D eigenvalue weighted by Gasteiger charge is 2.22. The van der Waals surface area contributed by atoms with E-state index in [-0.39, 0.29) is 23.2 Å². The molecule has 4 rings (SSSR count). The van der Waals surface area contributed by atoms with Crippen molar-refractivity contribution in [3.63, 3.8) is 0 Å². The van der Waals surface area contributed by atoms with E-state index in [0.717, 1.165) is 18.7 Å². The van der Waals surface area contributed by atoms with Crippen LogP contribution in [0.4, 0.5) is 0 Å². The first-order chi connectivity index (χ1) is 16.1. The summed E-state index contributed by atoms with van der Waals surface area (Å²) in [5, 5.41) is 8.57. The third kappa shape index (κ3) is 4.71. The molecule has 0 aliphatic heterocycles. The molecule has 0 aliphatic carbocycles. The van der Waals surface area contributed by atoms with Crippen molar-refractivity contribution in [2.75, 3.05) is 19.6 Å². The zero-order valence-corrected chi connectivity index (χ0v) is 18.9. The number of amides is 1. The van der Waals surface area contributed by atoms with Crippen LogP contribution in [0.3, 0.4) is 0 Å². The van der Waals surface area contributed by atoms with Gasteiger partial charge >= 0.3 is 0 Å². The van der Waals surface area contributed by atoms with Crippen molar-refractivity contribution in [1.82, 2.24) is 20.0 Å². The number of nitrogens with one attached hydrogen (secondary N) is 1. The van der Waals surface area contributed by atoms with Gasteiger partial charge in [-0.2, -0.15) is 9.78 Å². The van der Waals surface area contributed by atoms with E-state index in [0.29, 0.717) is 23.0 Å². The normalized spacial score (nSPS) is 12.1. The molecule has 168 valence electrons. The highest BCUT2D eigenvalue weighted by Crippen LogP contribution is 2.20. The van der Waals surface area contributed by atoms with Gasteiger partial charge in [-0.25, -0.2) is 0 Å². The second-order valence-electron chi connectivity index (χ2n) is 7.80. The number of aromatic nitrogens is 2. The fourth-order valence-electron chi connectivity index (χ4n) is 4.17. The van der Waals surface area contributed by atoms with Gasteiger partial charge in [0, 0.05) is 11.9 Å². The number of hydrogen-bond donors (Lipinski definition) is 1. The van der Waals surface area contributed by atoms with Crippen molar-refractivity contribution in [2.24, 2.45) is 0 Å². The first-order valence-corrected chi connectivity index (χ1v) is 11.3. The Kier molecular flexibility index (Phi) is 6.95. The Hall–Kier alpha value is -3.77. The largest absolute Gasteiger partial charge is 0.349 e. The second kappa shape index (κ2) is 10.2. The minimum absolute atomic E-state index is 0.0384.